The first kappa shape index (κ1) is 27.6. The first-order valence-corrected chi connectivity index (χ1v) is 12.6. The fraction of sp³-hybridized carbons (Fsp3) is 0.920. The Labute approximate surface area is 184 Å². The van der Waals surface area contributed by atoms with Crippen LogP contribution in [-0.2, 0) is 9.47 Å². The Morgan fingerprint density at radius 3 is 1.87 bits per heavy atom. The second-order valence-electron chi connectivity index (χ2n) is 8.71. The Morgan fingerprint density at radius 2 is 1.33 bits per heavy atom. The maximum atomic E-state index is 10.1. The van der Waals surface area contributed by atoms with E-state index in [4.69, 9.17) is 14.6 Å². The molecular formula is C25H48O5. The maximum Gasteiger partial charge on any atom is 0.114 e. The first-order chi connectivity index (χ1) is 14.7. The van der Waals surface area contributed by atoms with Crippen LogP contribution in [0.1, 0.15) is 103 Å². The van der Waals surface area contributed by atoms with E-state index in [1.54, 1.807) is 0 Å². The van der Waals surface area contributed by atoms with Gasteiger partial charge in [0.2, 0.25) is 0 Å². The van der Waals surface area contributed by atoms with Crippen molar-refractivity contribution >= 4 is 0 Å². The summed E-state index contributed by atoms with van der Waals surface area (Å²) in [6, 6.07) is 0. The summed E-state index contributed by atoms with van der Waals surface area (Å²) in [6.07, 6.45) is 20.8. The van der Waals surface area contributed by atoms with Crippen LogP contribution in [0.15, 0.2) is 12.2 Å². The minimum atomic E-state index is -0.971. The van der Waals surface area contributed by atoms with Gasteiger partial charge in [-0.2, -0.15) is 0 Å². The van der Waals surface area contributed by atoms with Crippen LogP contribution in [-0.4, -0.2) is 59.6 Å². The molecule has 0 spiro atoms. The minimum absolute atomic E-state index is 0.101. The van der Waals surface area contributed by atoms with Crippen LogP contribution in [0, 0.1) is 0 Å². The van der Waals surface area contributed by atoms with Crippen molar-refractivity contribution in [2.75, 3.05) is 19.8 Å². The molecule has 0 unspecified atom stereocenters. The number of aliphatic hydroxyl groups is 3. The fourth-order valence-corrected chi connectivity index (χ4v) is 4.04. The fourth-order valence-electron chi connectivity index (χ4n) is 4.04. The summed E-state index contributed by atoms with van der Waals surface area (Å²) in [5, 5.41) is 29.1. The van der Waals surface area contributed by atoms with E-state index in [9.17, 15) is 10.2 Å². The maximum absolute atomic E-state index is 10.1. The third-order valence-corrected chi connectivity index (χ3v) is 5.99. The van der Waals surface area contributed by atoms with Crippen LogP contribution in [0.2, 0.25) is 0 Å². The Hall–Kier alpha value is -0.460. The average Bonchev–Trinajstić information content (AvgIpc) is 2.75. The molecule has 0 aliphatic carbocycles. The van der Waals surface area contributed by atoms with Gasteiger partial charge < -0.3 is 24.8 Å². The third-order valence-electron chi connectivity index (χ3n) is 5.99. The summed E-state index contributed by atoms with van der Waals surface area (Å²) in [5.41, 5.74) is 0. The van der Waals surface area contributed by atoms with Gasteiger partial charge in [0.25, 0.3) is 0 Å². The van der Waals surface area contributed by atoms with Crippen LogP contribution in [0.25, 0.3) is 0 Å². The van der Waals surface area contributed by atoms with E-state index in [0.29, 0.717) is 6.61 Å². The quantitative estimate of drug-likeness (QED) is 0.201. The van der Waals surface area contributed by atoms with Gasteiger partial charge in [0.15, 0.2) is 0 Å². The first-order valence-electron chi connectivity index (χ1n) is 12.6. The Balaban J connectivity index is 1.82. The molecule has 1 fully saturated rings. The predicted molar refractivity (Wildman–Crippen MR) is 123 cm³/mol. The highest BCUT2D eigenvalue weighted by atomic mass is 16.6. The summed E-state index contributed by atoms with van der Waals surface area (Å²) in [6.45, 7) is 2.56. The van der Waals surface area contributed by atoms with Gasteiger partial charge in [0.05, 0.1) is 13.2 Å². The zero-order valence-electron chi connectivity index (χ0n) is 19.4. The van der Waals surface area contributed by atoms with Crippen molar-refractivity contribution in [3.63, 3.8) is 0 Å². The number of aliphatic hydroxyl groups excluding tert-OH is 3. The van der Waals surface area contributed by atoms with E-state index < -0.39 is 24.4 Å². The van der Waals surface area contributed by atoms with Crippen molar-refractivity contribution in [3.05, 3.63) is 12.2 Å². The van der Waals surface area contributed by atoms with Crippen molar-refractivity contribution < 1.29 is 24.8 Å². The molecule has 1 saturated heterocycles. The van der Waals surface area contributed by atoms with Crippen molar-refractivity contribution in [3.8, 4) is 0 Å². The molecule has 1 aliphatic heterocycles. The molecule has 3 N–H and O–H groups in total. The molecule has 5 heteroatoms. The zero-order valence-corrected chi connectivity index (χ0v) is 19.4. The lowest BCUT2D eigenvalue weighted by atomic mass is 10.0. The van der Waals surface area contributed by atoms with Gasteiger partial charge >= 0.3 is 0 Å². The molecule has 178 valence electrons. The highest BCUT2D eigenvalue weighted by molar-refractivity contribution is 4.87. The summed E-state index contributed by atoms with van der Waals surface area (Å²) in [7, 11) is 0. The van der Waals surface area contributed by atoms with Crippen molar-refractivity contribution in [2.24, 2.45) is 0 Å². The van der Waals surface area contributed by atoms with Crippen LogP contribution in [0.5, 0.6) is 0 Å². The lowest BCUT2D eigenvalue weighted by Crippen LogP contribution is -2.55. The SMILES string of the molecule is CC/C=C/CCCCCCCCCCCCCCCO[C@H]1[C@H](O)[C@@H](CO)OC[C@@H]1O. The average molecular weight is 429 g/mol. The second kappa shape index (κ2) is 19.2. The number of unbranched alkanes of at least 4 members (excludes halogenated alkanes) is 13. The molecule has 1 aliphatic rings. The third kappa shape index (κ3) is 13.1. The number of rotatable bonds is 19. The van der Waals surface area contributed by atoms with E-state index in [1.807, 2.05) is 0 Å². The van der Waals surface area contributed by atoms with Gasteiger partial charge in [-0.3, -0.25) is 0 Å². The Bertz CT molecular complexity index is 401. The van der Waals surface area contributed by atoms with Gasteiger partial charge in [0, 0.05) is 6.61 Å². The zero-order chi connectivity index (χ0) is 21.9. The van der Waals surface area contributed by atoms with Gasteiger partial charge in [0.1, 0.15) is 24.4 Å². The molecule has 0 radical (unpaired) electrons. The molecule has 0 aromatic carbocycles. The minimum Gasteiger partial charge on any atom is -0.394 e. The summed E-state index contributed by atoms with van der Waals surface area (Å²) in [5.74, 6) is 0. The summed E-state index contributed by atoms with van der Waals surface area (Å²) >= 11 is 0. The molecule has 5 nitrogen and oxygen atoms in total. The van der Waals surface area contributed by atoms with Gasteiger partial charge in [-0.1, -0.05) is 89.7 Å². The lowest BCUT2D eigenvalue weighted by Gasteiger charge is -2.37. The Kier molecular flexibility index (Phi) is 17.7. The van der Waals surface area contributed by atoms with Crippen LogP contribution < -0.4 is 0 Å². The molecule has 0 amide bonds. The summed E-state index contributed by atoms with van der Waals surface area (Å²) < 4.78 is 10.9. The van der Waals surface area contributed by atoms with Gasteiger partial charge in [-0.25, -0.2) is 0 Å². The molecule has 1 rings (SSSR count). The monoisotopic (exact) mass is 428 g/mol. The molecule has 4 atom stereocenters. The molecule has 0 aromatic heterocycles. The number of hydrogen-bond donors (Lipinski definition) is 3. The van der Waals surface area contributed by atoms with Crippen molar-refractivity contribution in [2.45, 2.75) is 128 Å². The Morgan fingerprint density at radius 1 is 0.800 bits per heavy atom. The van der Waals surface area contributed by atoms with E-state index in [2.05, 4.69) is 19.1 Å². The molecule has 0 bridgehead atoms. The van der Waals surface area contributed by atoms with Crippen molar-refractivity contribution in [1.82, 2.24) is 0 Å². The van der Waals surface area contributed by atoms with E-state index >= 15 is 0 Å². The molecule has 0 saturated carbocycles. The highest BCUT2D eigenvalue weighted by Gasteiger charge is 2.38. The molecule has 30 heavy (non-hydrogen) atoms. The van der Waals surface area contributed by atoms with E-state index in [1.165, 1.54) is 77.0 Å². The summed E-state index contributed by atoms with van der Waals surface area (Å²) in [4.78, 5) is 0. The smallest absolute Gasteiger partial charge is 0.114 e. The number of hydrogen-bond acceptors (Lipinski definition) is 5. The lowest BCUT2D eigenvalue weighted by molar-refractivity contribution is -0.210. The van der Waals surface area contributed by atoms with Crippen LogP contribution >= 0.6 is 0 Å². The van der Waals surface area contributed by atoms with E-state index in [0.717, 1.165) is 19.3 Å². The highest BCUT2D eigenvalue weighted by Crippen LogP contribution is 2.19. The van der Waals surface area contributed by atoms with E-state index in [-0.39, 0.29) is 13.2 Å². The van der Waals surface area contributed by atoms with Crippen molar-refractivity contribution in [1.29, 1.82) is 0 Å². The van der Waals surface area contributed by atoms with Crippen LogP contribution in [0.3, 0.4) is 0 Å². The topological polar surface area (TPSA) is 79.2 Å². The van der Waals surface area contributed by atoms with Crippen LogP contribution in [0.4, 0.5) is 0 Å². The normalized spacial score (nSPS) is 24.7. The van der Waals surface area contributed by atoms with Gasteiger partial charge in [-0.15, -0.1) is 0 Å². The molecule has 1 heterocycles. The largest absolute Gasteiger partial charge is 0.394 e. The second-order valence-corrected chi connectivity index (χ2v) is 8.71. The standard InChI is InChI=1S/C25H48O5/c1-2-3-4-5-6-7-8-9-10-11-12-13-14-15-16-17-18-19-29-25-22(27)21-30-23(20-26)24(25)28/h3-4,22-28H,2,5-21H2,1H3/b4-3+/t22-,23+,24+,25+/m0/s1. The number of ether oxygens (including phenoxy) is 2. The number of allylic oxidation sites excluding steroid dienone is 2. The molecule has 0 aromatic rings. The molecular weight excluding hydrogens is 380 g/mol. The predicted octanol–water partition coefficient (Wildman–Crippen LogP) is 4.91. The van der Waals surface area contributed by atoms with Gasteiger partial charge in [-0.05, 0) is 25.7 Å².